The van der Waals surface area contributed by atoms with Crippen molar-refractivity contribution in [2.24, 2.45) is 5.41 Å². The Morgan fingerprint density at radius 1 is 1.29 bits per heavy atom. The summed E-state index contributed by atoms with van der Waals surface area (Å²) in [5.41, 5.74) is 1.73. The van der Waals surface area contributed by atoms with Crippen LogP contribution in [0.1, 0.15) is 30.0 Å². The van der Waals surface area contributed by atoms with Gasteiger partial charge in [-0.15, -0.1) is 0 Å². The zero-order valence-corrected chi connectivity index (χ0v) is 10.6. The van der Waals surface area contributed by atoms with E-state index in [4.69, 9.17) is 0 Å². The third-order valence-electron chi connectivity index (χ3n) is 3.65. The molecule has 3 nitrogen and oxygen atoms in total. The summed E-state index contributed by atoms with van der Waals surface area (Å²) in [6.45, 7) is 2.04. The molecule has 1 atom stereocenters. The molecule has 2 rings (SSSR count). The molecule has 92 valence electrons. The van der Waals surface area contributed by atoms with Crippen LogP contribution in [0, 0.1) is 12.3 Å². The molecule has 1 fully saturated rings. The molecule has 0 aromatic heterocycles. The van der Waals surface area contributed by atoms with Gasteiger partial charge in [-0.1, -0.05) is 29.8 Å². The third-order valence-corrected chi connectivity index (χ3v) is 3.65. The van der Waals surface area contributed by atoms with E-state index in [0.717, 1.165) is 18.4 Å². The van der Waals surface area contributed by atoms with Crippen molar-refractivity contribution in [1.82, 2.24) is 4.90 Å². The van der Waals surface area contributed by atoms with E-state index in [9.17, 15) is 9.90 Å². The molecular weight excluding hydrogens is 214 g/mol. The lowest BCUT2D eigenvalue weighted by Crippen LogP contribution is -2.33. The van der Waals surface area contributed by atoms with E-state index in [1.54, 1.807) is 0 Å². The molecule has 17 heavy (non-hydrogen) atoms. The molecule has 1 aromatic rings. The SMILES string of the molecule is Cc1ccc(C(N(C)C)C2(C(=O)O)CC2)cc1. The third kappa shape index (κ3) is 2.07. The smallest absolute Gasteiger partial charge is 0.311 e. The Hall–Kier alpha value is -1.35. The minimum Gasteiger partial charge on any atom is -0.481 e. The van der Waals surface area contributed by atoms with E-state index in [1.807, 2.05) is 50.2 Å². The Morgan fingerprint density at radius 3 is 2.18 bits per heavy atom. The van der Waals surface area contributed by atoms with Crippen LogP contribution in [0.5, 0.6) is 0 Å². The number of benzene rings is 1. The fourth-order valence-corrected chi connectivity index (χ4v) is 2.60. The Balaban J connectivity index is 2.36. The van der Waals surface area contributed by atoms with Crippen LogP contribution in [0.15, 0.2) is 24.3 Å². The van der Waals surface area contributed by atoms with Gasteiger partial charge in [0.1, 0.15) is 0 Å². The van der Waals surface area contributed by atoms with Gasteiger partial charge in [0, 0.05) is 0 Å². The minimum absolute atomic E-state index is 0.0272. The number of nitrogens with zero attached hydrogens (tertiary/aromatic N) is 1. The zero-order valence-electron chi connectivity index (χ0n) is 10.6. The Morgan fingerprint density at radius 2 is 1.82 bits per heavy atom. The van der Waals surface area contributed by atoms with Crippen LogP contribution in [-0.2, 0) is 4.79 Å². The molecule has 0 heterocycles. The van der Waals surface area contributed by atoms with Gasteiger partial charge in [0.05, 0.1) is 11.5 Å². The lowest BCUT2D eigenvalue weighted by molar-refractivity contribution is -0.146. The molecule has 3 heteroatoms. The number of aliphatic carboxylic acids is 1. The molecule has 0 radical (unpaired) electrons. The summed E-state index contributed by atoms with van der Waals surface area (Å²) in [5, 5.41) is 9.41. The molecule has 0 bridgehead atoms. The highest BCUT2D eigenvalue weighted by Crippen LogP contribution is 2.56. The number of rotatable bonds is 4. The number of hydrogen-bond acceptors (Lipinski definition) is 2. The van der Waals surface area contributed by atoms with Gasteiger partial charge in [-0.3, -0.25) is 4.79 Å². The first-order chi connectivity index (χ1) is 7.97. The van der Waals surface area contributed by atoms with E-state index in [0.29, 0.717) is 0 Å². The van der Waals surface area contributed by atoms with Gasteiger partial charge in [0.25, 0.3) is 0 Å². The average Bonchev–Trinajstić information content (AvgIpc) is 3.02. The molecule has 0 aliphatic heterocycles. The predicted molar refractivity (Wildman–Crippen MR) is 66.9 cm³/mol. The van der Waals surface area contributed by atoms with Crippen LogP contribution in [0.25, 0.3) is 0 Å². The topological polar surface area (TPSA) is 40.5 Å². The summed E-state index contributed by atoms with van der Waals surface area (Å²) < 4.78 is 0. The largest absolute Gasteiger partial charge is 0.481 e. The van der Waals surface area contributed by atoms with E-state index < -0.39 is 11.4 Å². The lowest BCUT2D eigenvalue weighted by atomic mass is 9.89. The first-order valence-corrected chi connectivity index (χ1v) is 5.94. The van der Waals surface area contributed by atoms with E-state index >= 15 is 0 Å². The quantitative estimate of drug-likeness (QED) is 0.868. The second-order valence-corrected chi connectivity index (χ2v) is 5.24. The summed E-state index contributed by atoms with van der Waals surface area (Å²) in [7, 11) is 3.90. The normalized spacial score (nSPS) is 19.1. The molecule has 0 spiro atoms. The van der Waals surface area contributed by atoms with Crippen molar-refractivity contribution in [3.05, 3.63) is 35.4 Å². The summed E-state index contributed by atoms with van der Waals surface area (Å²) in [6.07, 6.45) is 1.55. The molecule has 0 amide bonds. The minimum atomic E-state index is -0.670. The van der Waals surface area contributed by atoms with Crippen LogP contribution in [-0.4, -0.2) is 30.1 Å². The zero-order chi connectivity index (χ0) is 12.6. The second-order valence-electron chi connectivity index (χ2n) is 5.24. The first-order valence-electron chi connectivity index (χ1n) is 5.94. The van der Waals surface area contributed by atoms with Gasteiger partial charge >= 0.3 is 5.97 Å². The van der Waals surface area contributed by atoms with Crippen molar-refractivity contribution >= 4 is 5.97 Å². The first kappa shape index (κ1) is 12.1. The van der Waals surface area contributed by atoms with Crippen molar-refractivity contribution in [3.8, 4) is 0 Å². The number of aryl methyl sites for hydroxylation is 1. The van der Waals surface area contributed by atoms with Crippen LogP contribution in [0.4, 0.5) is 0 Å². The molecule has 0 saturated heterocycles. The second kappa shape index (κ2) is 4.15. The van der Waals surface area contributed by atoms with Crippen molar-refractivity contribution in [2.45, 2.75) is 25.8 Å². The molecular formula is C14H19NO2. The molecule has 1 aromatic carbocycles. The van der Waals surface area contributed by atoms with Crippen molar-refractivity contribution in [2.75, 3.05) is 14.1 Å². The summed E-state index contributed by atoms with van der Waals surface area (Å²) in [5.74, 6) is -0.670. The number of carboxylic acids is 1. The highest BCUT2D eigenvalue weighted by Gasteiger charge is 2.57. The van der Waals surface area contributed by atoms with Crippen molar-refractivity contribution < 1.29 is 9.90 Å². The van der Waals surface area contributed by atoms with Crippen LogP contribution in [0.3, 0.4) is 0 Å². The number of carboxylic acid groups (broad SMARTS) is 1. The maximum Gasteiger partial charge on any atom is 0.311 e. The monoisotopic (exact) mass is 233 g/mol. The summed E-state index contributed by atoms with van der Waals surface area (Å²) >= 11 is 0. The van der Waals surface area contributed by atoms with Gasteiger partial charge in [0.15, 0.2) is 0 Å². The molecule has 1 N–H and O–H groups in total. The maximum atomic E-state index is 11.4. The fourth-order valence-electron chi connectivity index (χ4n) is 2.60. The summed E-state index contributed by atoms with van der Waals surface area (Å²) in [6, 6.07) is 8.15. The van der Waals surface area contributed by atoms with Gasteiger partial charge in [-0.05, 0) is 39.4 Å². The van der Waals surface area contributed by atoms with Gasteiger partial charge in [-0.25, -0.2) is 0 Å². The van der Waals surface area contributed by atoms with Crippen LogP contribution in [0.2, 0.25) is 0 Å². The van der Waals surface area contributed by atoms with Crippen LogP contribution < -0.4 is 0 Å². The Bertz CT molecular complexity index is 418. The predicted octanol–water partition coefficient (Wildman–Crippen LogP) is 2.46. The van der Waals surface area contributed by atoms with E-state index in [-0.39, 0.29) is 6.04 Å². The van der Waals surface area contributed by atoms with E-state index in [2.05, 4.69) is 0 Å². The van der Waals surface area contributed by atoms with E-state index in [1.165, 1.54) is 5.56 Å². The maximum absolute atomic E-state index is 11.4. The van der Waals surface area contributed by atoms with Gasteiger partial charge in [-0.2, -0.15) is 0 Å². The van der Waals surface area contributed by atoms with Gasteiger partial charge in [0.2, 0.25) is 0 Å². The van der Waals surface area contributed by atoms with Crippen molar-refractivity contribution in [3.63, 3.8) is 0 Å². The number of carbonyl (C=O) groups is 1. The average molecular weight is 233 g/mol. The molecule has 1 aliphatic carbocycles. The van der Waals surface area contributed by atoms with Gasteiger partial charge < -0.3 is 10.0 Å². The standard InChI is InChI=1S/C14H19NO2/c1-10-4-6-11(7-5-10)12(15(2)3)14(8-9-14)13(16)17/h4-7,12H,8-9H2,1-3H3,(H,16,17). The summed E-state index contributed by atoms with van der Waals surface area (Å²) in [4.78, 5) is 13.5. The molecule has 1 unspecified atom stereocenters. The Kier molecular flexibility index (Phi) is 2.96. The number of hydrogen-bond donors (Lipinski definition) is 1. The van der Waals surface area contributed by atoms with Crippen molar-refractivity contribution in [1.29, 1.82) is 0 Å². The van der Waals surface area contributed by atoms with Crippen LogP contribution >= 0.6 is 0 Å². The fraction of sp³-hybridized carbons (Fsp3) is 0.500. The highest BCUT2D eigenvalue weighted by molar-refractivity contribution is 5.79. The molecule has 1 aliphatic rings. The highest BCUT2D eigenvalue weighted by atomic mass is 16.4. The lowest BCUT2D eigenvalue weighted by Gasteiger charge is -2.30. The molecule has 1 saturated carbocycles. The Labute approximate surface area is 102 Å².